The summed E-state index contributed by atoms with van der Waals surface area (Å²) in [5.41, 5.74) is 0. The lowest BCUT2D eigenvalue weighted by molar-refractivity contribution is -0.144. The Morgan fingerprint density at radius 3 is 2.72 bits per heavy atom. The summed E-state index contributed by atoms with van der Waals surface area (Å²) in [4.78, 5) is 25.0. The molecule has 1 aliphatic heterocycles. The van der Waals surface area contributed by atoms with E-state index >= 15 is 0 Å². The van der Waals surface area contributed by atoms with Crippen LogP contribution in [0, 0.1) is 11.8 Å². The van der Waals surface area contributed by atoms with Crippen molar-refractivity contribution in [1.82, 2.24) is 10.2 Å². The second-order valence-corrected chi connectivity index (χ2v) is 5.79. The Hall–Kier alpha value is -1.10. The fraction of sp³-hybridized carbons (Fsp3) is 0.846. The fourth-order valence-corrected chi connectivity index (χ4v) is 3.45. The van der Waals surface area contributed by atoms with Crippen LogP contribution in [-0.4, -0.2) is 47.1 Å². The van der Waals surface area contributed by atoms with Crippen molar-refractivity contribution in [3.8, 4) is 0 Å². The maximum absolute atomic E-state index is 11.8. The lowest BCUT2D eigenvalue weighted by Gasteiger charge is -2.23. The maximum atomic E-state index is 11.8. The van der Waals surface area contributed by atoms with Crippen LogP contribution in [0.5, 0.6) is 0 Å². The van der Waals surface area contributed by atoms with Crippen LogP contribution >= 0.6 is 0 Å². The number of hydrogen-bond acceptors (Lipinski definition) is 3. The van der Waals surface area contributed by atoms with E-state index in [0.29, 0.717) is 5.92 Å². The molecule has 1 saturated carbocycles. The molecule has 3 atom stereocenters. The highest BCUT2D eigenvalue weighted by Gasteiger charge is 2.47. The van der Waals surface area contributed by atoms with Gasteiger partial charge in [0, 0.05) is 12.6 Å². The van der Waals surface area contributed by atoms with Crippen LogP contribution in [0.3, 0.4) is 0 Å². The van der Waals surface area contributed by atoms with Crippen LogP contribution in [0.15, 0.2) is 0 Å². The summed E-state index contributed by atoms with van der Waals surface area (Å²) >= 11 is 0. The zero-order chi connectivity index (χ0) is 13.3. The molecule has 18 heavy (non-hydrogen) atoms. The second-order valence-electron chi connectivity index (χ2n) is 5.79. The van der Waals surface area contributed by atoms with E-state index in [4.69, 9.17) is 0 Å². The molecule has 2 aliphatic rings. The van der Waals surface area contributed by atoms with E-state index < -0.39 is 12.0 Å². The molecule has 1 aliphatic carbocycles. The van der Waals surface area contributed by atoms with E-state index in [-0.39, 0.29) is 24.4 Å². The standard InChI is InChI=1S/C13H22N2O3/c1-8(2)14-11(16)7-15-6-9-4-3-5-10(9)12(15)13(17)18/h8-10,12H,3-7H2,1-2H3,(H,14,16)(H,17,18). The highest BCUT2D eigenvalue weighted by Crippen LogP contribution is 2.41. The van der Waals surface area contributed by atoms with Gasteiger partial charge in [-0.1, -0.05) is 6.42 Å². The number of carbonyl (C=O) groups is 2. The van der Waals surface area contributed by atoms with Crippen molar-refractivity contribution in [2.45, 2.75) is 45.2 Å². The molecule has 3 unspecified atom stereocenters. The first-order valence-corrected chi connectivity index (χ1v) is 6.75. The molecule has 102 valence electrons. The van der Waals surface area contributed by atoms with Crippen molar-refractivity contribution in [3.05, 3.63) is 0 Å². The molecule has 1 amide bonds. The summed E-state index contributed by atoms with van der Waals surface area (Å²) in [7, 11) is 0. The summed E-state index contributed by atoms with van der Waals surface area (Å²) in [5, 5.41) is 12.2. The van der Waals surface area contributed by atoms with Crippen molar-refractivity contribution < 1.29 is 14.7 Å². The van der Waals surface area contributed by atoms with Gasteiger partial charge in [0.05, 0.1) is 6.54 Å². The van der Waals surface area contributed by atoms with E-state index in [9.17, 15) is 14.7 Å². The first-order valence-electron chi connectivity index (χ1n) is 6.75. The van der Waals surface area contributed by atoms with Gasteiger partial charge in [0.1, 0.15) is 6.04 Å². The second kappa shape index (κ2) is 5.26. The predicted octanol–water partition coefficient (Wildman–Crippen LogP) is 0.696. The van der Waals surface area contributed by atoms with E-state index in [0.717, 1.165) is 25.8 Å². The van der Waals surface area contributed by atoms with Crippen molar-refractivity contribution in [1.29, 1.82) is 0 Å². The molecule has 2 N–H and O–H groups in total. The zero-order valence-corrected chi connectivity index (χ0v) is 11.1. The molecular weight excluding hydrogens is 232 g/mol. The summed E-state index contributed by atoms with van der Waals surface area (Å²) in [5.74, 6) is -0.134. The third-order valence-corrected chi connectivity index (χ3v) is 4.04. The number of fused-ring (bicyclic) bond motifs is 1. The molecule has 0 spiro atoms. The van der Waals surface area contributed by atoms with Crippen molar-refractivity contribution in [2.75, 3.05) is 13.1 Å². The highest BCUT2D eigenvalue weighted by molar-refractivity contribution is 5.80. The van der Waals surface area contributed by atoms with Crippen LogP contribution in [0.25, 0.3) is 0 Å². The van der Waals surface area contributed by atoms with E-state index in [1.54, 1.807) is 0 Å². The number of hydrogen-bond donors (Lipinski definition) is 2. The van der Waals surface area contributed by atoms with Gasteiger partial charge in [0.2, 0.25) is 5.91 Å². The van der Waals surface area contributed by atoms with Crippen LogP contribution in [0.2, 0.25) is 0 Å². The molecule has 1 heterocycles. The molecule has 0 aromatic carbocycles. The normalized spacial score (nSPS) is 31.6. The van der Waals surface area contributed by atoms with Gasteiger partial charge in [0.15, 0.2) is 0 Å². The molecule has 5 heteroatoms. The Kier molecular flexibility index (Phi) is 3.90. The predicted molar refractivity (Wildman–Crippen MR) is 67.1 cm³/mol. The van der Waals surface area contributed by atoms with Crippen LogP contribution in [0.1, 0.15) is 33.1 Å². The van der Waals surface area contributed by atoms with Crippen molar-refractivity contribution in [3.63, 3.8) is 0 Å². The van der Waals surface area contributed by atoms with Gasteiger partial charge < -0.3 is 10.4 Å². The monoisotopic (exact) mass is 254 g/mol. The van der Waals surface area contributed by atoms with E-state index in [1.807, 2.05) is 18.7 Å². The zero-order valence-electron chi connectivity index (χ0n) is 11.1. The van der Waals surface area contributed by atoms with E-state index in [1.165, 1.54) is 0 Å². The smallest absolute Gasteiger partial charge is 0.321 e. The maximum Gasteiger partial charge on any atom is 0.321 e. The van der Waals surface area contributed by atoms with Gasteiger partial charge in [-0.15, -0.1) is 0 Å². The Labute approximate surface area is 108 Å². The van der Waals surface area contributed by atoms with Gasteiger partial charge >= 0.3 is 5.97 Å². The van der Waals surface area contributed by atoms with Gasteiger partial charge in [0.25, 0.3) is 0 Å². The topological polar surface area (TPSA) is 69.6 Å². The van der Waals surface area contributed by atoms with Crippen molar-refractivity contribution in [2.24, 2.45) is 11.8 Å². The Balaban J connectivity index is 1.99. The minimum absolute atomic E-state index is 0.0729. The largest absolute Gasteiger partial charge is 0.480 e. The quantitative estimate of drug-likeness (QED) is 0.774. The van der Waals surface area contributed by atoms with Gasteiger partial charge in [-0.05, 0) is 38.5 Å². The fourth-order valence-electron chi connectivity index (χ4n) is 3.45. The first-order chi connectivity index (χ1) is 8.49. The summed E-state index contributed by atoms with van der Waals surface area (Å²) in [6.45, 7) is 4.78. The van der Waals surface area contributed by atoms with Crippen molar-refractivity contribution >= 4 is 11.9 Å². The Morgan fingerprint density at radius 1 is 1.39 bits per heavy atom. The molecule has 0 bridgehead atoms. The molecule has 0 aromatic heterocycles. The molecule has 1 saturated heterocycles. The molecule has 2 fully saturated rings. The first kappa shape index (κ1) is 13.3. The van der Waals surface area contributed by atoms with Gasteiger partial charge in [-0.3, -0.25) is 14.5 Å². The minimum atomic E-state index is -0.776. The van der Waals surface area contributed by atoms with Crippen LogP contribution in [-0.2, 0) is 9.59 Å². The lowest BCUT2D eigenvalue weighted by atomic mass is 9.94. The number of carbonyl (C=O) groups excluding carboxylic acids is 1. The minimum Gasteiger partial charge on any atom is -0.480 e. The Morgan fingerprint density at radius 2 is 2.11 bits per heavy atom. The molecule has 2 rings (SSSR count). The number of aliphatic carboxylic acids is 1. The number of likely N-dealkylation sites (tertiary alicyclic amines) is 1. The lowest BCUT2D eigenvalue weighted by Crippen LogP contribution is -2.46. The number of nitrogens with one attached hydrogen (secondary N) is 1. The third-order valence-electron chi connectivity index (χ3n) is 4.04. The number of rotatable bonds is 4. The van der Waals surface area contributed by atoms with E-state index in [2.05, 4.69) is 5.32 Å². The highest BCUT2D eigenvalue weighted by atomic mass is 16.4. The van der Waals surface area contributed by atoms with Gasteiger partial charge in [-0.2, -0.15) is 0 Å². The summed E-state index contributed by atoms with van der Waals surface area (Å²) in [6.07, 6.45) is 3.23. The van der Waals surface area contributed by atoms with Gasteiger partial charge in [-0.25, -0.2) is 0 Å². The molecule has 0 aromatic rings. The Bertz CT molecular complexity index is 343. The summed E-state index contributed by atoms with van der Waals surface area (Å²) < 4.78 is 0. The SMILES string of the molecule is CC(C)NC(=O)CN1CC2CCCC2C1C(=O)O. The van der Waals surface area contributed by atoms with Crippen LogP contribution < -0.4 is 5.32 Å². The third kappa shape index (κ3) is 2.66. The number of carboxylic acids is 1. The number of amides is 1. The number of nitrogens with zero attached hydrogens (tertiary/aromatic N) is 1. The molecule has 5 nitrogen and oxygen atoms in total. The average Bonchev–Trinajstić information content (AvgIpc) is 2.74. The molecule has 0 radical (unpaired) electrons. The summed E-state index contributed by atoms with van der Waals surface area (Å²) in [6, 6.07) is -0.363. The average molecular weight is 254 g/mol. The molecular formula is C13H22N2O3. The van der Waals surface area contributed by atoms with Crippen LogP contribution in [0.4, 0.5) is 0 Å². The number of carboxylic acid groups (broad SMARTS) is 1.